The van der Waals surface area contributed by atoms with Crippen molar-refractivity contribution in [3.05, 3.63) is 54.6 Å². The molecule has 0 fully saturated rings. The molecule has 2 rings (SSSR count). The molecule has 0 atom stereocenters. The average Bonchev–Trinajstić information content (AvgIpc) is 2.45. The van der Waals surface area contributed by atoms with Crippen LogP contribution in [0, 0.1) is 0 Å². The number of nitrogens with zero attached hydrogens (tertiary/aromatic N) is 2. The lowest BCUT2D eigenvalue weighted by atomic mass is 10.3. The van der Waals surface area contributed by atoms with Crippen LogP contribution in [0.2, 0.25) is 0 Å². The summed E-state index contributed by atoms with van der Waals surface area (Å²) >= 11 is 3.31. The molecular weight excluding hydrogens is 292 g/mol. The van der Waals surface area contributed by atoms with E-state index in [1.165, 1.54) is 0 Å². The second kappa shape index (κ2) is 6.91. The Hall–Kier alpha value is -1.68. The van der Waals surface area contributed by atoms with E-state index in [0.29, 0.717) is 6.61 Å². The lowest BCUT2D eigenvalue weighted by Crippen LogP contribution is -1.96. The number of alkyl halides is 1. The van der Waals surface area contributed by atoms with E-state index < -0.39 is 0 Å². The van der Waals surface area contributed by atoms with Crippen LogP contribution in [0.5, 0.6) is 5.75 Å². The van der Waals surface area contributed by atoms with Crippen molar-refractivity contribution in [3.8, 4) is 5.75 Å². The highest BCUT2D eigenvalue weighted by atomic mass is 79.9. The second-order valence-corrected chi connectivity index (χ2v) is 4.36. The number of benzene rings is 2. The maximum absolute atomic E-state index is 5.45. The molecule has 4 heteroatoms. The molecular formula is C14H13BrN2O. The number of ether oxygens (including phenoxy) is 1. The molecule has 0 saturated heterocycles. The van der Waals surface area contributed by atoms with Gasteiger partial charge in [0.2, 0.25) is 0 Å². The molecule has 3 nitrogen and oxygen atoms in total. The first-order chi connectivity index (χ1) is 8.88. The smallest absolute Gasteiger partial charge is 0.119 e. The first-order valence-corrected chi connectivity index (χ1v) is 6.76. The molecule has 0 amide bonds. The van der Waals surface area contributed by atoms with Gasteiger partial charge >= 0.3 is 0 Å². The molecule has 0 unspecified atom stereocenters. The Morgan fingerprint density at radius 3 is 2.06 bits per heavy atom. The Morgan fingerprint density at radius 2 is 1.44 bits per heavy atom. The summed E-state index contributed by atoms with van der Waals surface area (Å²) in [6.45, 7) is 0.658. The van der Waals surface area contributed by atoms with Gasteiger partial charge in [-0.25, -0.2) is 0 Å². The first-order valence-electron chi connectivity index (χ1n) is 5.64. The summed E-state index contributed by atoms with van der Waals surface area (Å²) in [6.07, 6.45) is 0. The molecule has 0 spiro atoms. The fourth-order valence-corrected chi connectivity index (χ4v) is 1.54. The summed E-state index contributed by atoms with van der Waals surface area (Å²) < 4.78 is 5.45. The summed E-state index contributed by atoms with van der Waals surface area (Å²) in [5, 5.41) is 9.12. The average molecular weight is 305 g/mol. The van der Waals surface area contributed by atoms with Crippen molar-refractivity contribution >= 4 is 27.3 Å². The van der Waals surface area contributed by atoms with Crippen LogP contribution in [-0.2, 0) is 0 Å². The molecule has 0 aliphatic heterocycles. The Kier molecular flexibility index (Phi) is 4.90. The molecule has 0 aliphatic carbocycles. The van der Waals surface area contributed by atoms with Crippen LogP contribution in [0.3, 0.4) is 0 Å². The van der Waals surface area contributed by atoms with E-state index in [2.05, 4.69) is 26.2 Å². The van der Waals surface area contributed by atoms with Crippen molar-refractivity contribution in [2.75, 3.05) is 11.9 Å². The summed E-state index contributed by atoms with van der Waals surface area (Å²) in [5.41, 5.74) is 1.65. The predicted molar refractivity (Wildman–Crippen MR) is 76.3 cm³/mol. The van der Waals surface area contributed by atoms with Gasteiger partial charge in [-0.2, -0.15) is 10.2 Å². The van der Waals surface area contributed by atoms with Crippen LogP contribution in [0.1, 0.15) is 0 Å². The van der Waals surface area contributed by atoms with Gasteiger partial charge in [-0.15, -0.1) is 0 Å². The molecule has 0 aliphatic rings. The maximum atomic E-state index is 5.45. The summed E-state index contributed by atoms with van der Waals surface area (Å²) in [7, 11) is 0. The van der Waals surface area contributed by atoms with Crippen molar-refractivity contribution in [1.29, 1.82) is 0 Å². The summed E-state index contributed by atoms with van der Waals surface area (Å²) in [6, 6.07) is 17.2. The van der Waals surface area contributed by atoms with E-state index in [-0.39, 0.29) is 0 Å². The Balaban J connectivity index is 2.00. The molecule has 0 aromatic heterocycles. The Morgan fingerprint density at radius 1 is 0.833 bits per heavy atom. The number of halogens is 1. The Bertz CT molecular complexity index is 497. The zero-order valence-electron chi connectivity index (χ0n) is 9.79. The predicted octanol–water partition coefficient (Wildman–Crippen LogP) is 4.88. The van der Waals surface area contributed by atoms with Gasteiger partial charge in [0.25, 0.3) is 0 Å². The Labute approximate surface area is 115 Å². The second-order valence-electron chi connectivity index (χ2n) is 3.57. The van der Waals surface area contributed by atoms with Gasteiger partial charge in [0.15, 0.2) is 0 Å². The molecule has 18 heavy (non-hydrogen) atoms. The number of hydrogen-bond acceptors (Lipinski definition) is 3. The number of hydrogen-bond donors (Lipinski definition) is 0. The number of rotatable bonds is 5. The third-order valence-electron chi connectivity index (χ3n) is 2.22. The van der Waals surface area contributed by atoms with E-state index in [0.717, 1.165) is 22.5 Å². The van der Waals surface area contributed by atoms with Crippen LogP contribution in [-0.4, -0.2) is 11.9 Å². The molecule has 0 heterocycles. The minimum atomic E-state index is 0.658. The van der Waals surface area contributed by atoms with Crippen LogP contribution in [0.4, 0.5) is 11.4 Å². The fourth-order valence-electron chi connectivity index (χ4n) is 1.38. The third kappa shape index (κ3) is 3.96. The van der Waals surface area contributed by atoms with E-state index in [4.69, 9.17) is 4.74 Å². The fraction of sp³-hybridized carbons (Fsp3) is 0.143. The molecule has 0 radical (unpaired) electrons. The highest BCUT2D eigenvalue weighted by Gasteiger charge is 1.94. The largest absolute Gasteiger partial charge is 0.493 e. The van der Waals surface area contributed by atoms with E-state index in [9.17, 15) is 0 Å². The van der Waals surface area contributed by atoms with Gasteiger partial charge in [0.1, 0.15) is 5.75 Å². The van der Waals surface area contributed by atoms with Crippen LogP contribution in [0.25, 0.3) is 0 Å². The SMILES string of the molecule is BrCCOc1ccc(N=Nc2ccccc2)cc1. The van der Waals surface area contributed by atoms with Gasteiger partial charge in [-0.3, -0.25) is 0 Å². The van der Waals surface area contributed by atoms with Crippen LogP contribution in [0.15, 0.2) is 64.8 Å². The molecule has 2 aromatic carbocycles. The minimum absolute atomic E-state index is 0.658. The van der Waals surface area contributed by atoms with Gasteiger partial charge < -0.3 is 4.74 Å². The van der Waals surface area contributed by atoms with Crippen molar-refractivity contribution in [2.45, 2.75) is 0 Å². The zero-order chi connectivity index (χ0) is 12.6. The molecule has 0 N–H and O–H groups in total. The van der Waals surface area contributed by atoms with Gasteiger partial charge in [-0.05, 0) is 36.4 Å². The van der Waals surface area contributed by atoms with E-state index >= 15 is 0 Å². The van der Waals surface area contributed by atoms with Crippen LogP contribution < -0.4 is 4.74 Å². The highest BCUT2D eigenvalue weighted by Crippen LogP contribution is 2.21. The summed E-state index contributed by atoms with van der Waals surface area (Å²) in [4.78, 5) is 0. The standard InChI is InChI=1S/C14H13BrN2O/c15-10-11-18-14-8-6-13(7-9-14)17-16-12-4-2-1-3-5-12/h1-9H,10-11H2. The minimum Gasteiger partial charge on any atom is -0.493 e. The van der Waals surface area contributed by atoms with E-state index in [1.54, 1.807) is 0 Å². The molecule has 2 aromatic rings. The van der Waals surface area contributed by atoms with Crippen molar-refractivity contribution < 1.29 is 4.74 Å². The van der Waals surface area contributed by atoms with Gasteiger partial charge in [0.05, 0.1) is 18.0 Å². The first kappa shape index (κ1) is 12.8. The van der Waals surface area contributed by atoms with Crippen molar-refractivity contribution in [3.63, 3.8) is 0 Å². The monoisotopic (exact) mass is 304 g/mol. The van der Waals surface area contributed by atoms with Gasteiger partial charge in [0, 0.05) is 5.33 Å². The van der Waals surface area contributed by atoms with Crippen LogP contribution >= 0.6 is 15.9 Å². The molecule has 0 saturated carbocycles. The zero-order valence-corrected chi connectivity index (χ0v) is 11.4. The highest BCUT2D eigenvalue weighted by molar-refractivity contribution is 9.09. The normalized spacial score (nSPS) is 10.7. The lowest BCUT2D eigenvalue weighted by molar-refractivity contribution is 0.345. The molecule has 92 valence electrons. The lowest BCUT2D eigenvalue weighted by Gasteiger charge is -2.02. The quantitative estimate of drug-likeness (QED) is 0.573. The number of azo groups is 1. The third-order valence-corrected chi connectivity index (χ3v) is 2.54. The van der Waals surface area contributed by atoms with Crippen molar-refractivity contribution in [2.24, 2.45) is 10.2 Å². The van der Waals surface area contributed by atoms with Crippen molar-refractivity contribution in [1.82, 2.24) is 0 Å². The van der Waals surface area contributed by atoms with Gasteiger partial charge in [-0.1, -0.05) is 34.1 Å². The molecule has 0 bridgehead atoms. The van der Waals surface area contributed by atoms with E-state index in [1.807, 2.05) is 54.6 Å². The maximum Gasteiger partial charge on any atom is 0.119 e. The summed E-state index contributed by atoms with van der Waals surface area (Å²) in [5.74, 6) is 0.841. The topological polar surface area (TPSA) is 34.0 Å².